The fourth-order valence-electron chi connectivity index (χ4n) is 1.12. The molecule has 2 heteroatoms. The summed E-state index contributed by atoms with van der Waals surface area (Å²) in [5.74, 6) is 0. The van der Waals surface area contributed by atoms with Crippen molar-refractivity contribution in [2.24, 2.45) is 0 Å². The van der Waals surface area contributed by atoms with Gasteiger partial charge in [-0.15, -0.1) is 12.1 Å². The SMILES string of the molecule is [Y].[Y].[c-]1ccccc1-c1[c-]cccc1. The molecule has 0 heterocycles. The van der Waals surface area contributed by atoms with E-state index in [0.717, 1.165) is 11.1 Å². The van der Waals surface area contributed by atoms with Crippen molar-refractivity contribution in [1.82, 2.24) is 0 Å². The monoisotopic (exact) mass is 330 g/mol. The van der Waals surface area contributed by atoms with Gasteiger partial charge >= 0.3 is 0 Å². The van der Waals surface area contributed by atoms with Crippen LogP contribution >= 0.6 is 0 Å². The Morgan fingerprint density at radius 3 is 1.36 bits per heavy atom. The first-order valence-corrected chi connectivity index (χ1v) is 3.90. The van der Waals surface area contributed by atoms with Gasteiger partial charge in [0.1, 0.15) is 0 Å². The topological polar surface area (TPSA) is 0 Å². The van der Waals surface area contributed by atoms with Crippen LogP contribution in [-0.4, -0.2) is 0 Å². The maximum Gasteiger partial charge on any atom is 0 e. The fourth-order valence-corrected chi connectivity index (χ4v) is 1.12. The Balaban J connectivity index is 0.000000845. The largest absolute Gasteiger partial charge is 0.226 e. The predicted molar refractivity (Wildman–Crippen MR) is 49.6 cm³/mol. The van der Waals surface area contributed by atoms with Crippen LogP contribution in [0.15, 0.2) is 48.5 Å². The first-order chi connectivity index (χ1) is 5.97. The molecule has 2 aromatic carbocycles. The van der Waals surface area contributed by atoms with Crippen LogP contribution in [0, 0.1) is 12.1 Å². The molecule has 2 rings (SSSR count). The Kier molecular flexibility index (Phi) is 8.24. The maximum atomic E-state index is 3.15. The zero-order chi connectivity index (χ0) is 8.23. The molecule has 0 saturated heterocycles. The normalized spacial score (nSPS) is 8.29. The van der Waals surface area contributed by atoms with Gasteiger partial charge in [-0.1, -0.05) is 0 Å². The van der Waals surface area contributed by atoms with E-state index < -0.39 is 0 Å². The Morgan fingerprint density at radius 1 is 0.643 bits per heavy atom. The van der Waals surface area contributed by atoms with Crippen LogP contribution in [0.4, 0.5) is 0 Å². The standard InChI is InChI=1S/C12H8.2Y/c1-3-7-11(8-4-1)12-9-5-2-6-10-12;;/h1-7,9H;;/q-2;;. The molecule has 0 aliphatic rings. The fraction of sp³-hybridized carbons (Fsp3) is 0. The van der Waals surface area contributed by atoms with Crippen molar-refractivity contribution in [3.05, 3.63) is 60.7 Å². The van der Waals surface area contributed by atoms with Crippen LogP contribution in [0.3, 0.4) is 0 Å². The number of hydrogen-bond donors (Lipinski definition) is 0. The molecule has 0 N–H and O–H groups in total. The van der Waals surface area contributed by atoms with Crippen LogP contribution in [0.1, 0.15) is 0 Å². The van der Waals surface area contributed by atoms with E-state index in [1.54, 1.807) is 0 Å². The molecule has 2 aromatic rings. The van der Waals surface area contributed by atoms with Gasteiger partial charge in [-0.05, 0) is 0 Å². The summed E-state index contributed by atoms with van der Waals surface area (Å²) in [5.41, 5.74) is 2.19. The molecule has 0 aliphatic heterocycles. The van der Waals surface area contributed by atoms with Crippen LogP contribution in [0.25, 0.3) is 11.1 Å². The smallest absolute Gasteiger partial charge is 0 e. The van der Waals surface area contributed by atoms with Gasteiger partial charge in [0.05, 0.1) is 0 Å². The summed E-state index contributed by atoms with van der Waals surface area (Å²) in [6.45, 7) is 0. The maximum absolute atomic E-state index is 3.15. The van der Waals surface area contributed by atoms with Crippen molar-refractivity contribution in [3.8, 4) is 11.1 Å². The van der Waals surface area contributed by atoms with Crippen LogP contribution < -0.4 is 0 Å². The van der Waals surface area contributed by atoms with E-state index in [1.165, 1.54) is 0 Å². The Hall–Kier alpha value is 0.648. The minimum atomic E-state index is 0. The molecule has 0 aromatic heterocycles. The van der Waals surface area contributed by atoms with E-state index in [9.17, 15) is 0 Å². The molecule has 0 aliphatic carbocycles. The molecule has 0 atom stereocenters. The third-order valence-corrected chi connectivity index (χ3v) is 1.71. The summed E-state index contributed by atoms with van der Waals surface area (Å²) < 4.78 is 0. The third kappa shape index (κ3) is 4.02. The van der Waals surface area contributed by atoms with Crippen LogP contribution in [-0.2, 0) is 65.4 Å². The summed E-state index contributed by atoms with van der Waals surface area (Å²) in [5, 5.41) is 0. The van der Waals surface area contributed by atoms with E-state index in [-0.39, 0.29) is 65.4 Å². The molecule has 0 fully saturated rings. The molecule has 0 saturated carbocycles. The summed E-state index contributed by atoms with van der Waals surface area (Å²) in [7, 11) is 0. The summed E-state index contributed by atoms with van der Waals surface area (Å²) >= 11 is 0. The van der Waals surface area contributed by atoms with E-state index in [2.05, 4.69) is 12.1 Å². The second kappa shape index (κ2) is 7.88. The average Bonchev–Trinajstić information content (AvgIpc) is 2.21. The van der Waals surface area contributed by atoms with Crippen molar-refractivity contribution in [3.63, 3.8) is 0 Å². The van der Waals surface area contributed by atoms with E-state index in [0.29, 0.717) is 0 Å². The molecule has 14 heavy (non-hydrogen) atoms. The Labute approximate surface area is 135 Å². The van der Waals surface area contributed by atoms with Gasteiger partial charge in [-0.2, -0.15) is 48.5 Å². The van der Waals surface area contributed by atoms with Gasteiger partial charge in [0.2, 0.25) is 0 Å². The summed E-state index contributed by atoms with van der Waals surface area (Å²) in [6.07, 6.45) is 0. The van der Waals surface area contributed by atoms with E-state index in [4.69, 9.17) is 0 Å². The number of benzene rings is 2. The summed E-state index contributed by atoms with van der Waals surface area (Å²) in [6, 6.07) is 22.1. The summed E-state index contributed by atoms with van der Waals surface area (Å²) in [4.78, 5) is 0. The number of rotatable bonds is 1. The van der Waals surface area contributed by atoms with E-state index >= 15 is 0 Å². The molecule has 0 spiro atoms. The van der Waals surface area contributed by atoms with Crippen molar-refractivity contribution >= 4 is 0 Å². The molecule has 0 unspecified atom stereocenters. The molecule has 2 radical (unpaired) electrons. The second-order valence-corrected chi connectivity index (χ2v) is 2.55. The number of hydrogen-bond acceptors (Lipinski definition) is 0. The van der Waals surface area contributed by atoms with Crippen LogP contribution in [0.2, 0.25) is 0 Å². The van der Waals surface area contributed by atoms with Gasteiger partial charge in [0.25, 0.3) is 0 Å². The van der Waals surface area contributed by atoms with Gasteiger partial charge in [0.15, 0.2) is 0 Å². The molecule has 0 amide bonds. The van der Waals surface area contributed by atoms with Gasteiger partial charge in [0, 0.05) is 65.4 Å². The van der Waals surface area contributed by atoms with Crippen molar-refractivity contribution < 1.29 is 65.4 Å². The van der Waals surface area contributed by atoms with Crippen LogP contribution in [0.5, 0.6) is 0 Å². The van der Waals surface area contributed by atoms with Gasteiger partial charge in [-0.3, -0.25) is 0 Å². The quantitative estimate of drug-likeness (QED) is 0.706. The average molecular weight is 330 g/mol. The first-order valence-electron chi connectivity index (χ1n) is 3.90. The van der Waals surface area contributed by atoms with Crippen molar-refractivity contribution in [2.45, 2.75) is 0 Å². The molecular weight excluding hydrogens is 322 g/mol. The Morgan fingerprint density at radius 2 is 1.07 bits per heavy atom. The predicted octanol–water partition coefficient (Wildman–Crippen LogP) is 2.95. The zero-order valence-corrected chi connectivity index (χ0v) is 13.5. The van der Waals surface area contributed by atoms with Gasteiger partial charge in [-0.25, -0.2) is 11.1 Å². The second-order valence-electron chi connectivity index (χ2n) is 2.55. The third-order valence-electron chi connectivity index (χ3n) is 1.71. The molecule has 64 valence electrons. The Bertz CT molecular complexity index is 306. The minimum absolute atomic E-state index is 0. The van der Waals surface area contributed by atoms with E-state index in [1.807, 2.05) is 48.5 Å². The molecular formula is C12H8Y2-2. The minimum Gasteiger partial charge on any atom is -0.226 e. The molecule has 0 bridgehead atoms. The van der Waals surface area contributed by atoms with Gasteiger partial charge < -0.3 is 0 Å². The van der Waals surface area contributed by atoms with Crippen molar-refractivity contribution in [1.29, 1.82) is 0 Å². The zero-order valence-electron chi connectivity index (χ0n) is 7.77. The van der Waals surface area contributed by atoms with Crippen molar-refractivity contribution in [2.75, 3.05) is 0 Å². The first kappa shape index (κ1) is 14.6. The molecule has 0 nitrogen and oxygen atoms in total.